The van der Waals surface area contributed by atoms with E-state index in [0.29, 0.717) is 11.4 Å². The molecule has 0 aliphatic heterocycles. The Bertz CT molecular complexity index is 691. The zero-order chi connectivity index (χ0) is 14.7. The highest BCUT2D eigenvalue weighted by molar-refractivity contribution is 5.70. The van der Waals surface area contributed by atoms with E-state index < -0.39 is 23.7 Å². The first kappa shape index (κ1) is 13.6. The van der Waals surface area contributed by atoms with Crippen molar-refractivity contribution in [1.29, 1.82) is 0 Å². The molecule has 1 aromatic carbocycles. The number of aliphatic carboxylic acids is 1. The number of hydrogen-bond donors (Lipinski definition) is 2. The molecule has 0 spiro atoms. The molecule has 0 fully saturated rings. The second-order valence-electron chi connectivity index (χ2n) is 3.99. The first-order chi connectivity index (χ1) is 9.51. The van der Waals surface area contributed by atoms with Gasteiger partial charge >= 0.3 is 5.97 Å². The third-order valence-corrected chi connectivity index (χ3v) is 2.62. The average molecular weight is 276 g/mol. The monoisotopic (exact) mass is 276 g/mol. The van der Waals surface area contributed by atoms with E-state index in [1.54, 1.807) is 24.3 Å². The van der Waals surface area contributed by atoms with Crippen LogP contribution in [0, 0.1) is 0 Å². The van der Waals surface area contributed by atoms with Gasteiger partial charge in [0.2, 0.25) is 0 Å². The van der Waals surface area contributed by atoms with E-state index in [2.05, 4.69) is 5.10 Å². The van der Waals surface area contributed by atoms with Gasteiger partial charge in [0.25, 0.3) is 5.56 Å². The fraction of sp³-hybridized carbons (Fsp3) is 0.154. The van der Waals surface area contributed by atoms with Crippen LogP contribution >= 0.6 is 0 Å². The number of carboxylic acids is 1. The summed E-state index contributed by atoms with van der Waals surface area (Å²) in [6.45, 7) is 0. The van der Waals surface area contributed by atoms with Gasteiger partial charge in [-0.05, 0) is 24.3 Å². The number of benzene rings is 1. The summed E-state index contributed by atoms with van der Waals surface area (Å²) in [5.74, 6) is -0.957. The SMILES string of the molecule is COc1ccc(-n2nc(CC(=O)O)c(O)cc2=O)cc1. The van der Waals surface area contributed by atoms with Crippen LogP contribution in [0.5, 0.6) is 11.5 Å². The molecule has 7 heteroatoms. The normalized spacial score (nSPS) is 10.2. The predicted octanol–water partition coefficient (Wildman–Crippen LogP) is 0.574. The van der Waals surface area contributed by atoms with Crippen molar-refractivity contribution >= 4 is 5.97 Å². The molecule has 1 aromatic heterocycles. The van der Waals surface area contributed by atoms with Crippen LogP contribution in [-0.4, -0.2) is 33.1 Å². The molecule has 0 radical (unpaired) electrons. The van der Waals surface area contributed by atoms with E-state index >= 15 is 0 Å². The molecule has 0 aliphatic rings. The summed E-state index contributed by atoms with van der Waals surface area (Å²) in [6.07, 6.45) is -0.470. The first-order valence-corrected chi connectivity index (χ1v) is 5.69. The molecule has 1 heterocycles. The largest absolute Gasteiger partial charge is 0.506 e. The number of hydrogen-bond acceptors (Lipinski definition) is 5. The highest BCUT2D eigenvalue weighted by Crippen LogP contribution is 2.16. The molecule has 0 saturated carbocycles. The van der Waals surface area contributed by atoms with E-state index in [1.165, 1.54) is 7.11 Å². The van der Waals surface area contributed by atoms with Crippen molar-refractivity contribution in [3.8, 4) is 17.2 Å². The highest BCUT2D eigenvalue weighted by atomic mass is 16.5. The zero-order valence-corrected chi connectivity index (χ0v) is 10.6. The smallest absolute Gasteiger partial charge is 0.309 e. The summed E-state index contributed by atoms with van der Waals surface area (Å²) in [4.78, 5) is 22.5. The molecule has 0 bridgehead atoms. The molecule has 2 aromatic rings. The standard InChI is InChI=1S/C13H12N2O5/c1-20-9-4-2-8(3-5-9)15-12(17)7-11(16)10(14-15)6-13(18)19/h2-5,7,16H,6H2,1H3,(H,18,19). The minimum Gasteiger partial charge on any atom is -0.506 e. The van der Waals surface area contributed by atoms with Crippen LogP contribution < -0.4 is 10.3 Å². The molecular weight excluding hydrogens is 264 g/mol. The van der Waals surface area contributed by atoms with Crippen molar-refractivity contribution in [2.45, 2.75) is 6.42 Å². The summed E-state index contributed by atoms with van der Waals surface area (Å²) in [5.41, 5.74) is -0.183. The maximum Gasteiger partial charge on any atom is 0.309 e. The number of methoxy groups -OCH3 is 1. The maximum atomic E-state index is 11.8. The Hall–Kier alpha value is -2.83. The lowest BCUT2D eigenvalue weighted by Gasteiger charge is -2.08. The minimum atomic E-state index is -1.15. The van der Waals surface area contributed by atoms with Crippen LogP contribution in [0.25, 0.3) is 5.69 Å². The lowest BCUT2D eigenvalue weighted by molar-refractivity contribution is -0.136. The van der Waals surface area contributed by atoms with Gasteiger partial charge in [0.05, 0.1) is 19.2 Å². The highest BCUT2D eigenvalue weighted by Gasteiger charge is 2.12. The number of ether oxygens (including phenoxy) is 1. The number of carbonyl (C=O) groups is 1. The van der Waals surface area contributed by atoms with Gasteiger partial charge < -0.3 is 14.9 Å². The minimum absolute atomic E-state index is 0.0760. The van der Waals surface area contributed by atoms with Gasteiger partial charge in [-0.25, -0.2) is 0 Å². The molecular formula is C13H12N2O5. The lowest BCUT2D eigenvalue weighted by atomic mass is 10.2. The van der Waals surface area contributed by atoms with Gasteiger partial charge in [-0.2, -0.15) is 9.78 Å². The predicted molar refractivity (Wildman–Crippen MR) is 69.4 cm³/mol. The van der Waals surface area contributed by atoms with Crippen LogP contribution in [0.2, 0.25) is 0 Å². The quantitative estimate of drug-likeness (QED) is 0.846. The molecule has 0 aliphatic carbocycles. The fourth-order valence-corrected chi connectivity index (χ4v) is 1.66. The number of rotatable bonds is 4. The van der Waals surface area contributed by atoms with Crippen molar-refractivity contribution in [2.24, 2.45) is 0 Å². The number of aromatic nitrogens is 2. The molecule has 0 saturated heterocycles. The van der Waals surface area contributed by atoms with Gasteiger partial charge in [-0.1, -0.05) is 0 Å². The van der Waals surface area contributed by atoms with Gasteiger partial charge in [0.1, 0.15) is 17.2 Å². The molecule has 2 rings (SSSR count). The van der Waals surface area contributed by atoms with Crippen molar-refractivity contribution < 1.29 is 19.7 Å². The van der Waals surface area contributed by atoms with Crippen LogP contribution in [0.15, 0.2) is 35.1 Å². The van der Waals surface area contributed by atoms with E-state index in [4.69, 9.17) is 9.84 Å². The van der Waals surface area contributed by atoms with Crippen LogP contribution in [-0.2, 0) is 11.2 Å². The molecule has 104 valence electrons. The zero-order valence-electron chi connectivity index (χ0n) is 10.6. The Morgan fingerprint density at radius 1 is 1.35 bits per heavy atom. The van der Waals surface area contributed by atoms with Crippen LogP contribution in [0.3, 0.4) is 0 Å². The van der Waals surface area contributed by atoms with Crippen molar-refractivity contribution in [1.82, 2.24) is 9.78 Å². The topological polar surface area (TPSA) is 102 Å². The maximum absolute atomic E-state index is 11.8. The second-order valence-corrected chi connectivity index (χ2v) is 3.99. The Morgan fingerprint density at radius 3 is 2.55 bits per heavy atom. The molecule has 2 N–H and O–H groups in total. The van der Waals surface area contributed by atoms with E-state index in [1.807, 2.05) is 0 Å². The van der Waals surface area contributed by atoms with Crippen molar-refractivity contribution in [2.75, 3.05) is 7.11 Å². The summed E-state index contributed by atoms with van der Waals surface area (Å²) < 4.78 is 6.03. The van der Waals surface area contributed by atoms with Crippen molar-refractivity contribution in [3.63, 3.8) is 0 Å². The Kier molecular flexibility index (Phi) is 3.69. The van der Waals surface area contributed by atoms with E-state index in [-0.39, 0.29) is 5.69 Å². The van der Waals surface area contributed by atoms with Gasteiger partial charge in [0.15, 0.2) is 0 Å². The lowest BCUT2D eigenvalue weighted by Crippen LogP contribution is -2.22. The Balaban J connectivity index is 2.49. The molecule has 20 heavy (non-hydrogen) atoms. The average Bonchev–Trinajstić information content (AvgIpc) is 2.41. The van der Waals surface area contributed by atoms with Crippen LogP contribution in [0.4, 0.5) is 0 Å². The van der Waals surface area contributed by atoms with Gasteiger partial charge in [-0.15, -0.1) is 0 Å². The Morgan fingerprint density at radius 2 is 2.00 bits per heavy atom. The third-order valence-electron chi connectivity index (χ3n) is 2.62. The summed E-state index contributed by atoms with van der Waals surface area (Å²) in [6, 6.07) is 7.44. The Labute approximate surface area is 113 Å². The second kappa shape index (κ2) is 5.43. The molecule has 7 nitrogen and oxygen atoms in total. The van der Waals surface area contributed by atoms with E-state index in [0.717, 1.165) is 10.7 Å². The number of carboxylic acid groups (broad SMARTS) is 1. The summed E-state index contributed by atoms with van der Waals surface area (Å²) in [5, 5.41) is 22.1. The fourth-order valence-electron chi connectivity index (χ4n) is 1.66. The molecule has 0 unspecified atom stereocenters. The first-order valence-electron chi connectivity index (χ1n) is 5.69. The number of nitrogens with zero attached hydrogens (tertiary/aromatic N) is 2. The van der Waals surface area contributed by atoms with Gasteiger partial charge in [-0.3, -0.25) is 9.59 Å². The molecule has 0 atom stereocenters. The van der Waals surface area contributed by atoms with Gasteiger partial charge in [0, 0.05) is 6.07 Å². The summed E-state index contributed by atoms with van der Waals surface area (Å²) >= 11 is 0. The number of aromatic hydroxyl groups is 1. The molecule has 0 amide bonds. The van der Waals surface area contributed by atoms with E-state index in [9.17, 15) is 14.7 Å². The third kappa shape index (κ3) is 2.77. The van der Waals surface area contributed by atoms with Crippen molar-refractivity contribution in [3.05, 3.63) is 46.4 Å². The summed E-state index contributed by atoms with van der Waals surface area (Å²) in [7, 11) is 1.52. The van der Waals surface area contributed by atoms with Crippen LogP contribution in [0.1, 0.15) is 5.69 Å².